The molecule has 0 fully saturated rings. The number of aromatic nitrogens is 4. The number of pyridine rings is 1. The Morgan fingerprint density at radius 3 is 2.45 bits per heavy atom. The van der Waals surface area contributed by atoms with E-state index in [-0.39, 0.29) is 11.6 Å². The molecular weight excluding hydrogens is 414 g/mol. The molecule has 0 aliphatic carbocycles. The van der Waals surface area contributed by atoms with Crippen LogP contribution in [0.5, 0.6) is 0 Å². The van der Waals surface area contributed by atoms with Crippen molar-refractivity contribution in [3.05, 3.63) is 76.5 Å². The highest BCUT2D eigenvalue weighted by Crippen LogP contribution is 2.28. The van der Waals surface area contributed by atoms with Crippen molar-refractivity contribution in [1.82, 2.24) is 25.0 Å². The predicted octanol–water partition coefficient (Wildman–Crippen LogP) is 5.02. The van der Waals surface area contributed by atoms with Crippen LogP contribution >= 0.6 is 0 Å². The minimum Gasteiger partial charge on any atom is -0.354 e. The standard InChI is InChI=1S/C26H29N5O2/c1-5-21(6-2)31-16-20(11-12-25(31)32)23-15-28-17(3)26(29-23)24-13-22(30-33-24)19-9-7-18(8-10-19)14-27-4/h7-13,15-16,21,27H,5-6,14H2,1-4H3. The molecule has 0 aliphatic heterocycles. The minimum absolute atomic E-state index is 0.00615. The van der Waals surface area contributed by atoms with E-state index in [2.05, 4.69) is 41.4 Å². The Morgan fingerprint density at radius 1 is 1.03 bits per heavy atom. The second kappa shape index (κ2) is 9.92. The van der Waals surface area contributed by atoms with Gasteiger partial charge in [0.25, 0.3) is 5.56 Å². The van der Waals surface area contributed by atoms with Crippen molar-refractivity contribution in [2.45, 2.75) is 46.2 Å². The van der Waals surface area contributed by atoms with Crippen molar-refractivity contribution >= 4 is 0 Å². The number of hydrogen-bond donors (Lipinski definition) is 1. The number of hydrogen-bond acceptors (Lipinski definition) is 6. The third-order valence-electron chi connectivity index (χ3n) is 5.90. The maximum atomic E-state index is 12.4. The number of aryl methyl sites for hydroxylation is 1. The van der Waals surface area contributed by atoms with Crippen LogP contribution in [0.15, 0.2) is 64.2 Å². The molecule has 4 aromatic rings. The van der Waals surface area contributed by atoms with E-state index < -0.39 is 0 Å². The highest BCUT2D eigenvalue weighted by molar-refractivity contribution is 5.68. The first-order valence-electron chi connectivity index (χ1n) is 11.3. The molecule has 4 rings (SSSR count). The van der Waals surface area contributed by atoms with Crippen molar-refractivity contribution < 1.29 is 4.52 Å². The first-order chi connectivity index (χ1) is 16.0. The number of nitrogens with zero attached hydrogens (tertiary/aromatic N) is 4. The zero-order chi connectivity index (χ0) is 23.4. The van der Waals surface area contributed by atoms with Crippen LogP contribution in [0.3, 0.4) is 0 Å². The molecule has 1 N–H and O–H groups in total. The lowest BCUT2D eigenvalue weighted by Crippen LogP contribution is -2.23. The Morgan fingerprint density at radius 2 is 1.76 bits per heavy atom. The average Bonchev–Trinajstić information content (AvgIpc) is 3.32. The van der Waals surface area contributed by atoms with Gasteiger partial charge >= 0.3 is 0 Å². The molecule has 0 atom stereocenters. The van der Waals surface area contributed by atoms with Gasteiger partial charge in [-0.2, -0.15) is 0 Å². The zero-order valence-corrected chi connectivity index (χ0v) is 19.5. The van der Waals surface area contributed by atoms with Crippen molar-refractivity contribution in [2.75, 3.05) is 7.05 Å². The van der Waals surface area contributed by atoms with E-state index in [9.17, 15) is 4.79 Å². The van der Waals surface area contributed by atoms with E-state index in [4.69, 9.17) is 9.51 Å². The average molecular weight is 444 g/mol. The van der Waals surface area contributed by atoms with Crippen LogP contribution in [0.4, 0.5) is 0 Å². The van der Waals surface area contributed by atoms with E-state index in [1.807, 2.05) is 38.4 Å². The molecule has 0 aliphatic rings. The monoisotopic (exact) mass is 443 g/mol. The highest BCUT2D eigenvalue weighted by atomic mass is 16.5. The summed E-state index contributed by atoms with van der Waals surface area (Å²) in [5, 5.41) is 7.39. The maximum absolute atomic E-state index is 12.4. The molecule has 7 nitrogen and oxygen atoms in total. The van der Waals surface area contributed by atoms with Crippen LogP contribution < -0.4 is 10.9 Å². The molecule has 3 aromatic heterocycles. The van der Waals surface area contributed by atoms with Gasteiger partial charge in [0.05, 0.1) is 17.6 Å². The fourth-order valence-corrected chi connectivity index (χ4v) is 3.96. The van der Waals surface area contributed by atoms with Gasteiger partial charge in [0.2, 0.25) is 0 Å². The number of nitrogens with one attached hydrogen (secondary N) is 1. The third kappa shape index (κ3) is 4.78. The lowest BCUT2D eigenvalue weighted by Gasteiger charge is -2.17. The van der Waals surface area contributed by atoms with Crippen molar-refractivity contribution in [3.8, 4) is 34.0 Å². The second-order valence-electron chi connectivity index (χ2n) is 8.13. The second-order valence-corrected chi connectivity index (χ2v) is 8.13. The summed E-state index contributed by atoms with van der Waals surface area (Å²) in [6.07, 6.45) is 5.39. The highest BCUT2D eigenvalue weighted by Gasteiger charge is 2.16. The van der Waals surface area contributed by atoms with E-state index in [1.165, 1.54) is 5.56 Å². The molecule has 0 saturated heterocycles. The Bertz CT molecular complexity index is 1290. The number of rotatable bonds is 8. The SMILES string of the molecule is CCC(CC)n1cc(-c2cnc(C)c(-c3cc(-c4ccc(CNC)cc4)no3)n2)ccc1=O. The molecular formula is C26H29N5O2. The molecule has 3 heterocycles. The number of benzene rings is 1. The molecule has 0 saturated carbocycles. The molecule has 33 heavy (non-hydrogen) atoms. The zero-order valence-electron chi connectivity index (χ0n) is 19.5. The Labute approximate surface area is 193 Å². The molecule has 0 amide bonds. The Balaban J connectivity index is 1.68. The van der Waals surface area contributed by atoms with Gasteiger partial charge < -0.3 is 14.4 Å². The van der Waals surface area contributed by atoms with Crippen LogP contribution in [-0.4, -0.2) is 26.7 Å². The summed E-state index contributed by atoms with van der Waals surface area (Å²) in [4.78, 5) is 21.8. The van der Waals surface area contributed by atoms with E-state index in [0.717, 1.165) is 41.9 Å². The molecule has 0 unspecified atom stereocenters. The normalized spacial score (nSPS) is 11.3. The first kappa shape index (κ1) is 22.6. The quantitative estimate of drug-likeness (QED) is 0.412. The molecule has 0 spiro atoms. The Kier molecular flexibility index (Phi) is 6.79. The summed E-state index contributed by atoms with van der Waals surface area (Å²) in [6, 6.07) is 13.6. The van der Waals surface area contributed by atoms with Crippen LogP contribution in [0.25, 0.3) is 34.0 Å². The fourth-order valence-electron chi connectivity index (χ4n) is 3.96. The molecule has 0 bridgehead atoms. The largest absolute Gasteiger partial charge is 0.354 e. The maximum Gasteiger partial charge on any atom is 0.250 e. The summed E-state index contributed by atoms with van der Waals surface area (Å²) < 4.78 is 7.44. The van der Waals surface area contributed by atoms with Crippen molar-refractivity contribution in [1.29, 1.82) is 0 Å². The van der Waals surface area contributed by atoms with Gasteiger partial charge in [-0.15, -0.1) is 0 Å². The van der Waals surface area contributed by atoms with Gasteiger partial charge in [0, 0.05) is 42.0 Å². The van der Waals surface area contributed by atoms with Crippen molar-refractivity contribution in [2.24, 2.45) is 0 Å². The van der Waals surface area contributed by atoms with E-state index in [1.54, 1.807) is 22.9 Å². The topological polar surface area (TPSA) is 85.8 Å². The molecule has 170 valence electrons. The van der Waals surface area contributed by atoms with Crippen molar-refractivity contribution in [3.63, 3.8) is 0 Å². The van der Waals surface area contributed by atoms with Gasteiger partial charge in [-0.3, -0.25) is 9.78 Å². The van der Waals surface area contributed by atoms with E-state index in [0.29, 0.717) is 17.1 Å². The molecule has 1 aromatic carbocycles. The van der Waals surface area contributed by atoms with Gasteiger partial charge in [-0.25, -0.2) is 4.98 Å². The van der Waals surface area contributed by atoms with Gasteiger partial charge in [0.1, 0.15) is 11.4 Å². The van der Waals surface area contributed by atoms with E-state index >= 15 is 0 Å². The smallest absolute Gasteiger partial charge is 0.250 e. The first-order valence-corrected chi connectivity index (χ1v) is 11.3. The summed E-state index contributed by atoms with van der Waals surface area (Å²) in [7, 11) is 1.93. The van der Waals surface area contributed by atoms with Crippen LogP contribution in [-0.2, 0) is 6.54 Å². The van der Waals surface area contributed by atoms with Crippen LogP contribution in [0.2, 0.25) is 0 Å². The molecule has 0 radical (unpaired) electrons. The third-order valence-corrected chi connectivity index (χ3v) is 5.90. The summed E-state index contributed by atoms with van der Waals surface area (Å²) >= 11 is 0. The fraction of sp³-hybridized carbons (Fsp3) is 0.308. The lowest BCUT2D eigenvalue weighted by molar-refractivity contribution is 0.433. The van der Waals surface area contributed by atoms with Gasteiger partial charge in [0.15, 0.2) is 5.76 Å². The Hall–Kier alpha value is -3.58. The lowest BCUT2D eigenvalue weighted by atomic mass is 10.1. The summed E-state index contributed by atoms with van der Waals surface area (Å²) in [5.41, 5.74) is 5.83. The summed E-state index contributed by atoms with van der Waals surface area (Å²) in [5.74, 6) is 0.560. The predicted molar refractivity (Wildman–Crippen MR) is 130 cm³/mol. The minimum atomic E-state index is -0.00615. The van der Waals surface area contributed by atoms with Gasteiger partial charge in [-0.05, 0) is 38.4 Å². The van der Waals surface area contributed by atoms with Crippen LogP contribution in [0.1, 0.15) is 44.0 Å². The molecule has 7 heteroatoms. The summed E-state index contributed by atoms with van der Waals surface area (Å²) in [6.45, 7) is 6.89. The van der Waals surface area contributed by atoms with Crippen LogP contribution in [0, 0.1) is 6.92 Å². The van der Waals surface area contributed by atoms with Gasteiger partial charge in [-0.1, -0.05) is 43.3 Å².